The lowest BCUT2D eigenvalue weighted by atomic mass is 10.1. The molecule has 2 aromatic heterocycles. The Balaban J connectivity index is 1.82. The third kappa shape index (κ3) is 1.62. The second-order valence-electron chi connectivity index (χ2n) is 4.50. The van der Waals surface area contributed by atoms with E-state index in [1.165, 1.54) is 18.4 Å². The summed E-state index contributed by atoms with van der Waals surface area (Å²) >= 11 is 0. The molecule has 16 heavy (non-hydrogen) atoms. The van der Waals surface area contributed by atoms with Crippen LogP contribution in [-0.2, 0) is 6.42 Å². The van der Waals surface area contributed by atoms with E-state index in [2.05, 4.69) is 25.4 Å². The lowest BCUT2D eigenvalue weighted by Crippen LogP contribution is -1.94. The number of aromatic nitrogens is 5. The zero-order chi connectivity index (χ0) is 11.1. The minimum Gasteiger partial charge on any atom is -0.282 e. The smallest absolute Gasteiger partial charge is 0.153 e. The van der Waals surface area contributed by atoms with Crippen LogP contribution in [0.15, 0.2) is 0 Å². The second-order valence-corrected chi connectivity index (χ2v) is 4.50. The molecule has 2 heterocycles. The first-order valence-corrected chi connectivity index (χ1v) is 5.65. The first-order valence-electron chi connectivity index (χ1n) is 5.65. The van der Waals surface area contributed by atoms with Gasteiger partial charge >= 0.3 is 0 Å². The summed E-state index contributed by atoms with van der Waals surface area (Å²) in [6.07, 6.45) is 3.26. The molecule has 5 nitrogen and oxygen atoms in total. The van der Waals surface area contributed by atoms with Crippen molar-refractivity contribution in [1.82, 2.24) is 25.4 Å². The summed E-state index contributed by atoms with van der Waals surface area (Å²) in [6.45, 7) is 4.05. The van der Waals surface area contributed by atoms with Crippen LogP contribution in [0.4, 0.5) is 0 Å². The first kappa shape index (κ1) is 9.57. The Morgan fingerprint density at radius 2 is 2.00 bits per heavy atom. The Kier molecular flexibility index (Phi) is 2.05. The fourth-order valence-corrected chi connectivity index (χ4v) is 1.92. The van der Waals surface area contributed by atoms with Crippen molar-refractivity contribution in [2.75, 3.05) is 0 Å². The first-order chi connectivity index (χ1) is 7.74. The van der Waals surface area contributed by atoms with Crippen molar-refractivity contribution in [2.45, 2.75) is 39.0 Å². The molecule has 2 aromatic rings. The maximum absolute atomic E-state index is 4.52. The average molecular weight is 217 g/mol. The molecule has 2 N–H and O–H groups in total. The van der Waals surface area contributed by atoms with E-state index in [0.29, 0.717) is 5.92 Å². The van der Waals surface area contributed by atoms with E-state index in [9.17, 15) is 0 Å². The molecule has 1 aliphatic carbocycles. The second kappa shape index (κ2) is 3.43. The molecule has 0 radical (unpaired) electrons. The lowest BCUT2D eigenvalue weighted by Gasteiger charge is -1.96. The van der Waals surface area contributed by atoms with Crippen LogP contribution in [0.2, 0.25) is 0 Å². The maximum Gasteiger partial charge on any atom is 0.153 e. The van der Waals surface area contributed by atoms with Crippen molar-refractivity contribution in [3.05, 3.63) is 28.6 Å². The molecule has 0 atom stereocenters. The Morgan fingerprint density at radius 1 is 1.19 bits per heavy atom. The maximum atomic E-state index is 4.52. The van der Waals surface area contributed by atoms with Crippen LogP contribution in [0.25, 0.3) is 0 Å². The SMILES string of the molecule is Cc1n[nH]c(C)c1Cc1nc(C2CC2)n[nH]1. The number of hydrogen-bond donors (Lipinski definition) is 2. The van der Waals surface area contributed by atoms with Crippen LogP contribution in [0, 0.1) is 13.8 Å². The summed E-state index contributed by atoms with van der Waals surface area (Å²) in [7, 11) is 0. The van der Waals surface area contributed by atoms with Gasteiger partial charge in [0, 0.05) is 23.6 Å². The molecule has 0 saturated heterocycles. The number of hydrogen-bond acceptors (Lipinski definition) is 3. The largest absolute Gasteiger partial charge is 0.282 e. The van der Waals surface area contributed by atoms with Gasteiger partial charge in [-0.3, -0.25) is 10.2 Å². The minimum atomic E-state index is 0.608. The highest BCUT2D eigenvalue weighted by atomic mass is 15.2. The van der Waals surface area contributed by atoms with Crippen LogP contribution in [0.3, 0.4) is 0 Å². The van der Waals surface area contributed by atoms with Crippen molar-refractivity contribution in [2.24, 2.45) is 0 Å². The van der Waals surface area contributed by atoms with Gasteiger partial charge in [-0.2, -0.15) is 10.2 Å². The van der Waals surface area contributed by atoms with Crippen LogP contribution >= 0.6 is 0 Å². The summed E-state index contributed by atoms with van der Waals surface area (Å²) in [5.41, 5.74) is 3.38. The minimum absolute atomic E-state index is 0.608. The molecule has 0 bridgehead atoms. The van der Waals surface area contributed by atoms with Gasteiger partial charge in [-0.1, -0.05) is 0 Å². The Hall–Kier alpha value is -1.65. The number of nitrogens with one attached hydrogen (secondary N) is 2. The molecule has 0 unspecified atom stereocenters. The molecule has 3 rings (SSSR count). The summed E-state index contributed by atoms with van der Waals surface area (Å²) in [6, 6.07) is 0. The van der Waals surface area contributed by atoms with E-state index >= 15 is 0 Å². The van der Waals surface area contributed by atoms with Crippen molar-refractivity contribution < 1.29 is 0 Å². The summed E-state index contributed by atoms with van der Waals surface area (Å²) < 4.78 is 0. The van der Waals surface area contributed by atoms with E-state index in [-0.39, 0.29) is 0 Å². The Bertz CT molecular complexity index is 487. The third-order valence-electron chi connectivity index (χ3n) is 3.12. The quantitative estimate of drug-likeness (QED) is 0.820. The number of aryl methyl sites for hydroxylation is 2. The van der Waals surface area contributed by atoms with Gasteiger partial charge in [0.15, 0.2) is 5.82 Å². The highest BCUT2D eigenvalue weighted by Crippen LogP contribution is 2.37. The van der Waals surface area contributed by atoms with Gasteiger partial charge in [0.25, 0.3) is 0 Å². The molecule has 1 aliphatic rings. The van der Waals surface area contributed by atoms with Gasteiger partial charge in [-0.05, 0) is 26.7 Å². The number of aromatic amines is 2. The van der Waals surface area contributed by atoms with Gasteiger partial charge in [-0.15, -0.1) is 0 Å². The highest BCUT2D eigenvalue weighted by Gasteiger charge is 2.27. The van der Waals surface area contributed by atoms with E-state index in [1.54, 1.807) is 0 Å². The molecule has 0 aromatic carbocycles. The lowest BCUT2D eigenvalue weighted by molar-refractivity contribution is 0.932. The van der Waals surface area contributed by atoms with Gasteiger partial charge in [0.1, 0.15) is 5.82 Å². The summed E-state index contributed by atoms with van der Waals surface area (Å²) in [4.78, 5) is 4.52. The fourth-order valence-electron chi connectivity index (χ4n) is 1.92. The number of nitrogens with zero attached hydrogens (tertiary/aromatic N) is 3. The van der Waals surface area contributed by atoms with Crippen LogP contribution in [0.5, 0.6) is 0 Å². The normalized spacial score (nSPS) is 15.6. The Morgan fingerprint density at radius 3 is 2.62 bits per heavy atom. The number of H-pyrrole nitrogens is 2. The topological polar surface area (TPSA) is 70.2 Å². The predicted molar refractivity (Wildman–Crippen MR) is 59.2 cm³/mol. The molecule has 1 fully saturated rings. The molecule has 84 valence electrons. The summed E-state index contributed by atoms with van der Waals surface area (Å²) in [5.74, 6) is 2.53. The van der Waals surface area contributed by atoms with Crippen molar-refractivity contribution in [1.29, 1.82) is 0 Å². The van der Waals surface area contributed by atoms with Crippen LogP contribution in [0.1, 0.15) is 47.4 Å². The molecule has 0 amide bonds. The van der Waals surface area contributed by atoms with Crippen molar-refractivity contribution in [3.63, 3.8) is 0 Å². The zero-order valence-electron chi connectivity index (χ0n) is 9.54. The monoisotopic (exact) mass is 217 g/mol. The van der Waals surface area contributed by atoms with Crippen molar-refractivity contribution in [3.8, 4) is 0 Å². The standard InChI is InChI=1S/C11H15N5/c1-6-9(7(2)14-13-6)5-10-12-11(16-15-10)8-3-4-8/h8H,3-5H2,1-2H3,(H,13,14)(H,12,15,16). The van der Waals surface area contributed by atoms with E-state index in [0.717, 1.165) is 29.5 Å². The number of rotatable bonds is 3. The van der Waals surface area contributed by atoms with Gasteiger partial charge in [0.2, 0.25) is 0 Å². The van der Waals surface area contributed by atoms with Gasteiger partial charge < -0.3 is 0 Å². The van der Waals surface area contributed by atoms with Gasteiger partial charge in [0.05, 0.1) is 5.69 Å². The average Bonchev–Trinajstić information content (AvgIpc) is 2.95. The van der Waals surface area contributed by atoms with E-state index < -0.39 is 0 Å². The molecular weight excluding hydrogens is 202 g/mol. The zero-order valence-corrected chi connectivity index (χ0v) is 9.54. The predicted octanol–water partition coefficient (Wildman–Crippen LogP) is 1.61. The fraction of sp³-hybridized carbons (Fsp3) is 0.545. The van der Waals surface area contributed by atoms with Crippen LogP contribution < -0.4 is 0 Å². The highest BCUT2D eigenvalue weighted by molar-refractivity contribution is 5.26. The van der Waals surface area contributed by atoms with Crippen LogP contribution in [-0.4, -0.2) is 25.4 Å². The van der Waals surface area contributed by atoms with E-state index in [4.69, 9.17) is 0 Å². The molecule has 0 aliphatic heterocycles. The molecule has 5 heteroatoms. The molecule has 0 spiro atoms. The summed E-state index contributed by atoms with van der Waals surface area (Å²) in [5, 5.41) is 14.4. The molecular formula is C11H15N5. The van der Waals surface area contributed by atoms with Crippen molar-refractivity contribution >= 4 is 0 Å². The third-order valence-corrected chi connectivity index (χ3v) is 3.12. The van der Waals surface area contributed by atoms with E-state index in [1.807, 2.05) is 13.8 Å². The Labute approximate surface area is 93.7 Å². The molecule has 1 saturated carbocycles. The van der Waals surface area contributed by atoms with Gasteiger partial charge in [-0.25, -0.2) is 4.98 Å².